The second kappa shape index (κ2) is 7.23. The minimum absolute atomic E-state index is 0.0573. The van der Waals surface area contributed by atoms with Crippen LogP contribution in [0.25, 0.3) is 0 Å². The third-order valence-electron chi connectivity index (χ3n) is 3.47. The fraction of sp³-hybridized carbons (Fsp3) is 0.0556. The van der Waals surface area contributed by atoms with E-state index in [0.29, 0.717) is 28.4 Å². The average Bonchev–Trinajstić information content (AvgIpc) is 2.61. The van der Waals surface area contributed by atoms with E-state index in [9.17, 15) is 14.4 Å². The van der Waals surface area contributed by atoms with Crippen LogP contribution in [0.4, 0.5) is 17.1 Å². The van der Waals surface area contributed by atoms with Gasteiger partial charge in [0.1, 0.15) is 0 Å². The van der Waals surface area contributed by atoms with Gasteiger partial charge >= 0.3 is 0 Å². The Bertz CT molecular complexity index is 862. The summed E-state index contributed by atoms with van der Waals surface area (Å²) in [6, 6.07) is 11.9. The maximum absolute atomic E-state index is 12.3. The molecule has 1 aliphatic rings. The predicted molar refractivity (Wildman–Crippen MR) is 99.0 cm³/mol. The summed E-state index contributed by atoms with van der Waals surface area (Å²) in [6.45, 7) is 3.38. The first-order chi connectivity index (χ1) is 12.0. The highest BCUT2D eigenvalue weighted by atomic mass is 32.2. The lowest BCUT2D eigenvalue weighted by atomic mass is 10.2. The van der Waals surface area contributed by atoms with Crippen LogP contribution in [-0.2, 0) is 9.59 Å². The van der Waals surface area contributed by atoms with Crippen LogP contribution < -0.4 is 16.0 Å². The Labute approximate surface area is 148 Å². The number of amides is 3. The molecule has 2 aromatic carbocycles. The summed E-state index contributed by atoms with van der Waals surface area (Å²) in [5, 5.41) is 8.19. The van der Waals surface area contributed by atoms with Gasteiger partial charge in [0.05, 0.1) is 11.4 Å². The monoisotopic (exact) mass is 353 g/mol. The first kappa shape index (κ1) is 16.8. The van der Waals surface area contributed by atoms with Crippen molar-refractivity contribution in [2.24, 2.45) is 0 Å². The molecule has 1 aliphatic heterocycles. The van der Waals surface area contributed by atoms with Crippen LogP contribution in [0.3, 0.4) is 0 Å². The highest BCUT2D eigenvalue weighted by Gasteiger charge is 2.16. The number of anilines is 3. The van der Waals surface area contributed by atoms with Crippen molar-refractivity contribution in [2.45, 2.75) is 4.90 Å². The molecule has 0 aliphatic carbocycles. The fourth-order valence-corrected chi connectivity index (χ4v) is 3.05. The molecule has 0 bridgehead atoms. The molecule has 0 fully saturated rings. The molecule has 126 valence electrons. The van der Waals surface area contributed by atoms with Gasteiger partial charge in [0.15, 0.2) is 0 Å². The second-order valence-electron chi connectivity index (χ2n) is 5.27. The molecule has 2 aromatic rings. The van der Waals surface area contributed by atoms with Crippen LogP contribution in [0.2, 0.25) is 0 Å². The van der Waals surface area contributed by atoms with Crippen LogP contribution in [0, 0.1) is 0 Å². The van der Waals surface area contributed by atoms with Gasteiger partial charge < -0.3 is 16.0 Å². The number of carbonyl (C=O) groups excluding carboxylic acids is 3. The number of carbonyl (C=O) groups is 3. The molecule has 0 unspecified atom stereocenters. The van der Waals surface area contributed by atoms with Crippen molar-refractivity contribution in [1.82, 2.24) is 0 Å². The summed E-state index contributed by atoms with van der Waals surface area (Å²) in [4.78, 5) is 36.0. The largest absolute Gasteiger partial charge is 0.324 e. The van der Waals surface area contributed by atoms with E-state index in [0.717, 1.165) is 4.90 Å². The van der Waals surface area contributed by atoms with Crippen molar-refractivity contribution in [3.8, 4) is 0 Å². The maximum atomic E-state index is 12.3. The van der Waals surface area contributed by atoms with Gasteiger partial charge in [-0.15, -0.1) is 11.8 Å². The van der Waals surface area contributed by atoms with E-state index in [1.165, 1.54) is 17.8 Å². The Balaban J connectivity index is 1.70. The quantitative estimate of drug-likeness (QED) is 0.737. The Morgan fingerprint density at radius 1 is 1.08 bits per heavy atom. The minimum Gasteiger partial charge on any atom is -0.324 e. The summed E-state index contributed by atoms with van der Waals surface area (Å²) < 4.78 is 0. The molecule has 3 N–H and O–H groups in total. The zero-order valence-electron chi connectivity index (χ0n) is 13.2. The average molecular weight is 353 g/mol. The Kier molecular flexibility index (Phi) is 4.85. The number of thioether (sulfide) groups is 1. The SMILES string of the molecule is C=CC(=O)Nc1ccc(C(=O)Nc2ccc3c(c2)NC(=O)CS3)cc1. The van der Waals surface area contributed by atoms with Gasteiger partial charge in [0.2, 0.25) is 11.8 Å². The molecular formula is C18H15N3O3S. The third kappa shape index (κ3) is 4.07. The van der Waals surface area contributed by atoms with Crippen LogP contribution in [0.5, 0.6) is 0 Å². The van der Waals surface area contributed by atoms with Crippen LogP contribution in [-0.4, -0.2) is 23.5 Å². The number of rotatable bonds is 4. The molecule has 1 heterocycles. The van der Waals surface area contributed by atoms with Crippen molar-refractivity contribution in [1.29, 1.82) is 0 Å². The number of benzene rings is 2. The molecule has 3 rings (SSSR count). The summed E-state index contributed by atoms with van der Waals surface area (Å²) >= 11 is 1.46. The molecule has 25 heavy (non-hydrogen) atoms. The van der Waals surface area contributed by atoms with Gasteiger partial charge in [-0.3, -0.25) is 14.4 Å². The summed E-state index contributed by atoms with van der Waals surface area (Å²) in [5.74, 6) is -0.256. The van der Waals surface area contributed by atoms with Crippen LogP contribution in [0.1, 0.15) is 10.4 Å². The molecule has 6 nitrogen and oxygen atoms in total. The van der Waals surface area contributed by atoms with Gasteiger partial charge in [-0.25, -0.2) is 0 Å². The van der Waals surface area contributed by atoms with Crippen molar-refractivity contribution in [3.05, 3.63) is 60.7 Å². The van der Waals surface area contributed by atoms with Crippen molar-refractivity contribution in [3.63, 3.8) is 0 Å². The third-order valence-corrected chi connectivity index (χ3v) is 4.54. The molecule has 0 aromatic heterocycles. The number of hydrogen-bond donors (Lipinski definition) is 3. The zero-order chi connectivity index (χ0) is 17.8. The fourth-order valence-electron chi connectivity index (χ4n) is 2.26. The maximum Gasteiger partial charge on any atom is 0.255 e. The lowest BCUT2D eigenvalue weighted by Crippen LogP contribution is -2.19. The van der Waals surface area contributed by atoms with Gasteiger partial charge in [-0.05, 0) is 48.5 Å². The minimum atomic E-state index is -0.314. The van der Waals surface area contributed by atoms with E-state index >= 15 is 0 Å². The molecule has 3 amide bonds. The molecule has 7 heteroatoms. The smallest absolute Gasteiger partial charge is 0.255 e. The topological polar surface area (TPSA) is 87.3 Å². The highest BCUT2D eigenvalue weighted by Crippen LogP contribution is 2.33. The summed E-state index contributed by atoms with van der Waals surface area (Å²) in [5.41, 5.74) is 2.32. The zero-order valence-corrected chi connectivity index (χ0v) is 14.0. The van der Waals surface area contributed by atoms with Crippen LogP contribution >= 0.6 is 11.8 Å². The Morgan fingerprint density at radius 2 is 1.80 bits per heavy atom. The lowest BCUT2D eigenvalue weighted by Gasteiger charge is -2.17. The van der Waals surface area contributed by atoms with Crippen LogP contribution in [0.15, 0.2) is 60.0 Å². The van der Waals surface area contributed by atoms with Gasteiger partial charge in [-0.1, -0.05) is 6.58 Å². The number of hydrogen-bond acceptors (Lipinski definition) is 4. The highest BCUT2D eigenvalue weighted by molar-refractivity contribution is 8.00. The standard InChI is InChI=1S/C18H15N3O3S/c1-2-16(22)19-12-5-3-11(4-6-12)18(24)20-13-7-8-15-14(9-13)21-17(23)10-25-15/h2-9H,1,10H2,(H,19,22)(H,20,24)(H,21,23). The Hall–Kier alpha value is -3.06. The van der Waals surface area contributed by atoms with E-state index < -0.39 is 0 Å². The predicted octanol–water partition coefficient (Wildman–Crippen LogP) is 3.11. The van der Waals surface area contributed by atoms with E-state index in [2.05, 4.69) is 22.5 Å². The van der Waals surface area contributed by atoms with E-state index in [1.54, 1.807) is 36.4 Å². The lowest BCUT2D eigenvalue weighted by molar-refractivity contribution is -0.114. The van der Waals surface area contributed by atoms with Gasteiger partial charge in [0, 0.05) is 21.8 Å². The molecule has 0 saturated carbocycles. The molecule has 0 atom stereocenters. The number of fused-ring (bicyclic) bond motifs is 1. The first-order valence-corrected chi connectivity index (χ1v) is 8.45. The van der Waals surface area contributed by atoms with E-state index in [4.69, 9.17) is 0 Å². The summed E-state index contributed by atoms with van der Waals surface area (Å²) in [6.07, 6.45) is 1.17. The van der Waals surface area contributed by atoms with Crippen molar-refractivity contribution in [2.75, 3.05) is 21.7 Å². The van der Waals surface area contributed by atoms with Crippen molar-refractivity contribution >= 4 is 46.5 Å². The van der Waals surface area contributed by atoms with Gasteiger partial charge in [-0.2, -0.15) is 0 Å². The first-order valence-electron chi connectivity index (χ1n) is 7.47. The van der Waals surface area contributed by atoms with Crippen molar-refractivity contribution < 1.29 is 14.4 Å². The Morgan fingerprint density at radius 3 is 2.52 bits per heavy atom. The van der Waals surface area contributed by atoms with E-state index in [-0.39, 0.29) is 17.7 Å². The number of nitrogens with one attached hydrogen (secondary N) is 3. The second-order valence-corrected chi connectivity index (χ2v) is 6.29. The van der Waals surface area contributed by atoms with Gasteiger partial charge in [0.25, 0.3) is 5.91 Å². The normalized spacial score (nSPS) is 12.6. The molecule has 0 saturated heterocycles. The summed E-state index contributed by atoms with van der Waals surface area (Å²) in [7, 11) is 0. The molecular weight excluding hydrogens is 338 g/mol. The molecule has 0 radical (unpaired) electrons. The van der Waals surface area contributed by atoms with E-state index in [1.807, 2.05) is 6.07 Å². The molecule has 0 spiro atoms.